The fraction of sp³-hybridized carbons (Fsp3) is 0.385. The molecular formula is C26H29N3O4S. The maximum atomic E-state index is 13.4. The Hall–Kier alpha value is -2.81. The van der Waals surface area contributed by atoms with Gasteiger partial charge in [0.15, 0.2) is 0 Å². The first-order valence-corrected chi connectivity index (χ1v) is 12.6. The largest absolute Gasteiger partial charge is 0.480 e. The van der Waals surface area contributed by atoms with Crippen molar-refractivity contribution in [3.63, 3.8) is 0 Å². The number of para-hydroxylation sites is 2. The predicted octanol–water partition coefficient (Wildman–Crippen LogP) is 4.33. The molecule has 34 heavy (non-hydrogen) atoms. The van der Waals surface area contributed by atoms with Crippen LogP contribution in [0.2, 0.25) is 0 Å². The minimum absolute atomic E-state index is 0.188. The highest BCUT2D eigenvalue weighted by atomic mass is 32.2. The number of aliphatic carboxylic acids is 1. The lowest BCUT2D eigenvalue weighted by molar-refractivity contribution is -0.142. The number of hydrogen-bond acceptors (Lipinski definition) is 5. The quantitative estimate of drug-likeness (QED) is 0.501. The molecule has 1 aliphatic heterocycles. The topological polar surface area (TPSA) is 83.8 Å². The highest BCUT2D eigenvalue weighted by molar-refractivity contribution is 8.01. The first-order valence-electron chi connectivity index (χ1n) is 11.8. The van der Waals surface area contributed by atoms with Gasteiger partial charge in [0.2, 0.25) is 0 Å². The number of nitrogens with one attached hydrogen (secondary N) is 1. The number of benzene rings is 2. The summed E-state index contributed by atoms with van der Waals surface area (Å²) in [4.78, 5) is 28.4. The Labute approximate surface area is 203 Å². The van der Waals surface area contributed by atoms with Crippen LogP contribution in [0.25, 0.3) is 10.9 Å². The van der Waals surface area contributed by atoms with Crippen molar-refractivity contribution in [2.24, 2.45) is 0 Å². The molecule has 0 unspecified atom stereocenters. The van der Waals surface area contributed by atoms with E-state index in [1.54, 1.807) is 0 Å². The predicted molar refractivity (Wildman–Crippen MR) is 134 cm³/mol. The number of rotatable bonds is 8. The van der Waals surface area contributed by atoms with Gasteiger partial charge in [-0.3, -0.25) is 14.5 Å². The highest BCUT2D eigenvalue weighted by Gasteiger charge is 2.45. The van der Waals surface area contributed by atoms with Crippen molar-refractivity contribution < 1.29 is 19.4 Å². The summed E-state index contributed by atoms with van der Waals surface area (Å²) < 4.78 is 6.79. The molecule has 1 aromatic heterocycles. The van der Waals surface area contributed by atoms with Crippen molar-refractivity contribution in [2.75, 3.05) is 38.2 Å². The average molecular weight is 480 g/mol. The maximum Gasteiger partial charge on any atom is 0.320 e. The van der Waals surface area contributed by atoms with Gasteiger partial charge >= 0.3 is 5.97 Å². The summed E-state index contributed by atoms with van der Waals surface area (Å²) >= 11 is 1.35. The number of aromatic nitrogens is 1. The van der Waals surface area contributed by atoms with Crippen LogP contribution in [0.5, 0.6) is 0 Å². The number of carbonyl (C=O) groups excluding carboxylic acids is 1. The van der Waals surface area contributed by atoms with Gasteiger partial charge in [-0.1, -0.05) is 30.3 Å². The number of carboxylic acids is 1. The Morgan fingerprint density at radius 3 is 2.50 bits per heavy atom. The third-order valence-electron chi connectivity index (χ3n) is 6.79. The average Bonchev–Trinajstić information content (AvgIpc) is 3.20. The summed E-state index contributed by atoms with van der Waals surface area (Å²) in [6.45, 7) is 5.08. The van der Waals surface area contributed by atoms with Crippen LogP contribution < -0.4 is 5.32 Å². The number of nitrogens with zero attached hydrogens (tertiary/aromatic N) is 2. The third kappa shape index (κ3) is 4.58. The van der Waals surface area contributed by atoms with Crippen LogP contribution in [0.1, 0.15) is 29.6 Å². The number of morpholine rings is 1. The van der Waals surface area contributed by atoms with Crippen LogP contribution in [0, 0.1) is 0 Å². The number of anilines is 1. The van der Waals surface area contributed by atoms with Gasteiger partial charge in [0, 0.05) is 48.2 Å². The number of thioether (sulfide) groups is 1. The van der Waals surface area contributed by atoms with E-state index < -0.39 is 10.7 Å². The van der Waals surface area contributed by atoms with E-state index in [-0.39, 0.29) is 5.91 Å². The van der Waals surface area contributed by atoms with Gasteiger partial charge in [-0.05, 0) is 37.5 Å². The first-order chi connectivity index (χ1) is 16.6. The van der Waals surface area contributed by atoms with Crippen LogP contribution in [-0.4, -0.2) is 64.0 Å². The minimum atomic E-state index is -0.795. The molecule has 0 radical (unpaired) electrons. The van der Waals surface area contributed by atoms with Crippen LogP contribution in [0.3, 0.4) is 0 Å². The molecule has 1 saturated carbocycles. The van der Waals surface area contributed by atoms with Crippen molar-refractivity contribution in [3.8, 4) is 0 Å². The molecule has 2 aromatic carbocycles. The smallest absolute Gasteiger partial charge is 0.320 e. The molecule has 0 atom stereocenters. The molecule has 1 aliphatic carbocycles. The molecule has 7 nitrogen and oxygen atoms in total. The molecule has 2 fully saturated rings. The van der Waals surface area contributed by atoms with E-state index in [1.165, 1.54) is 11.8 Å². The lowest BCUT2D eigenvalue weighted by atomic mass is 9.84. The van der Waals surface area contributed by atoms with Crippen LogP contribution in [-0.2, 0) is 16.1 Å². The molecule has 5 rings (SSSR count). The Kier molecular flexibility index (Phi) is 6.63. The van der Waals surface area contributed by atoms with Crippen LogP contribution >= 0.6 is 11.8 Å². The first kappa shape index (κ1) is 23.0. The van der Waals surface area contributed by atoms with E-state index in [0.29, 0.717) is 24.1 Å². The summed E-state index contributed by atoms with van der Waals surface area (Å²) in [6.07, 6.45) is 4.14. The third-order valence-corrected chi connectivity index (χ3v) is 8.34. The Morgan fingerprint density at radius 2 is 1.76 bits per heavy atom. The summed E-state index contributed by atoms with van der Waals surface area (Å²) in [7, 11) is 0. The van der Waals surface area contributed by atoms with E-state index in [4.69, 9.17) is 4.74 Å². The van der Waals surface area contributed by atoms with Crippen LogP contribution in [0.4, 0.5) is 5.69 Å². The number of fused-ring (bicyclic) bond motifs is 1. The molecule has 2 heterocycles. The second-order valence-corrected chi connectivity index (χ2v) is 10.3. The summed E-state index contributed by atoms with van der Waals surface area (Å²) in [5.41, 5.74) is 2.30. The Morgan fingerprint density at radius 1 is 1.03 bits per heavy atom. The lowest BCUT2D eigenvalue weighted by Crippen LogP contribution is -2.41. The fourth-order valence-electron chi connectivity index (χ4n) is 4.60. The summed E-state index contributed by atoms with van der Waals surface area (Å²) in [5.74, 6) is -0.972. The molecule has 8 heteroatoms. The standard InChI is InChI=1S/C26H29N3O4S/c30-24(27-21-7-2-4-9-23(21)34-26(25(31)32)10-5-11-26)20-18-29(22-8-3-1-6-19(20)22)13-12-28-14-16-33-17-15-28/h1-4,6-9,18H,5,10-17H2,(H,27,30)(H,31,32). The zero-order valence-electron chi connectivity index (χ0n) is 19.0. The number of hydrogen-bond donors (Lipinski definition) is 2. The molecular weight excluding hydrogens is 450 g/mol. The molecule has 0 bridgehead atoms. The monoisotopic (exact) mass is 479 g/mol. The van der Waals surface area contributed by atoms with E-state index in [9.17, 15) is 14.7 Å². The number of ether oxygens (including phenoxy) is 1. The van der Waals surface area contributed by atoms with Crippen molar-refractivity contribution in [3.05, 3.63) is 60.3 Å². The van der Waals surface area contributed by atoms with Gasteiger partial charge in [-0.25, -0.2) is 0 Å². The van der Waals surface area contributed by atoms with Gasteiger partial charge in [-0.15, -0.1) is 11.8 Å². The van der Waals surface area contributed by atoms with Gasteiger partial charge in [0.1, 0.15) is 4.75 Å². The SMILES string of the molecule is O=C(Nc1ccccc1SC1(C(=O)O)CCC1)c1cn(CCN2CCOCC2)c2ccccc12. The van der Waals surface area contributed by atoms with Crippen molar-refractivity contribution in [1.29, 1.82) is 0 Å². The molecule has 178 valence electrons. The molecule has 3 aromatic rings. The summed E-state index contributed by atoms with van der Waals surface area (Å²) in [5, 5.41) is 13.7. The van der Waals surface area contributed by atoms with E-state index in [2.05, 4.69) is 14.8 Å². The molecule has 2 N–H and O–H groups in total. The molecule has 1 saturated heterocycles. The van der Waals surface area contributed by atoms with Gasteiger partial charge in [0.05, 0.1) is 24.5 Å². The Balaban J connectivity index is 1.37. The van der Waals surface area contributed by atoms with Crippen molar-refractivity contribution in [1.82, 2.24) is 9.47 Å². The molecule has 2 aliphatic rings. The zero-order valence-corrected chi connectivity index (χ0v) is 19.9. The molecule has 1 amide bonds. The molecule has 0 spiro atoms. The van der Waals surface area contributed by atoms with Gasteiger partial charge < -0.3 is 19.7 Å². The second-order valence-electron chi connectivity index (χ2n) is 8.91. The van der Waals surface area contributed by atoms with Crippen molar-refractivity contribution in [2.45, 2.75) is 35.4 Å². The minimum Gasteiger partial charge on any atom is -0.480 e. The van der Waals surface area contributed by atoms with E-state index in [0.717, 1.165) is 61.6 Å². The second kappa shape index (κ2) is 9.82. The van der Waals surface area contributed by atoms with Crippen molar-refractivity contribution >= 4 is 40.2 Å². The Bertz CT molecular complexity index is 1200. The van der Waals surface area contributed by atoms with Gasteiger partial charge in [-0.2, -0.15) is 0 Å². The van der Waals surface area contributed by atoms with Crippen LogP contribution in [0.15, 0.2) is 59.6 Å². The van der Waals surface area contributed by atoms with Gasteiger partial charge in [0.25, 0.3) is 5.91 Å². The fourth-order valence-corrected chi connectivity index (χ4v) is 5.98. The maximum absolute atomic E-state index is 13.4. The van der Waals surface area contributed by atoms with E-state index >= 15 is 0 Å². The lowest BCUT2D eigenvalue weighted by Gasteiger charge is -2.37. The zero-order chi connectivity index (χ0) is 23.5. The number of carboxylic acid groups (broad SMARTS) is 1. The number of amides is 1. The summed E-state index contributed by atoms with van der Waals surface area (Å²) in [6, 6.07) is 15.4. The van der Waals surface area contributed by atoms with E-state index in [1.807, 2.05) is 54.7 Å². The highest BCUT2D eigenvalue weighted by Crippen LogP contribution is 2.49. The normalized spacial score (nSPS) is 17.9. The number of carbonyl (C=O) groups is 2.